The van der Waals surface area contributed by atoms with Gasteiger partial charge in [-0.15, -0.1) is 0 Å². The molecule has 23 heavy (non-hydrogen) atoms. The molecule has 0 saturated carbocycles. The van der Waals surface area contributed by atoms with Crippen LogP contribution in [0.1, 0.15) is 0 Å². The minimum Gasteiger partial charge on any atom is -0.353 e. The highest BCUT2D eigenvalue weighted by Gasteiger charge is 2.22. The maximum Gasteiger partial charge on any atom is 0.358 e. The first-order valence-corrected chi connectivity index (χ1v) is 8.61. The van der Waals surface area contributed by atoms with Crippen molar-refractivity contribution in [2.75, 3.05) is 7.11 Å². The van der Waals surface area contributed by atoms with Crippen LogP contribution in [-0.2, 0) is 9.09 Å². The topological polar surface area (TPSA) is 91.0 Å². The van der Waals surface area contributed by atoms with E-state index in [2.05, 4.69) is 15.2 Å². The lowest BCUT2D eigenvalue weighted by atomic mass is 10.1. The summed E-state index contributed by atoms with van der Waals surface area (Å²) >= 11 is 0. The highest BCUT2D eigenvalue weighted by molar-refractivity contribution is 7.61. The summed E-state index contributed by atoms with van der Waals surface area (Å²) in [6.45, 7) is 0. The molecule has 4 aromatic rings. The molecule has 0 fully saturated rings. The van der Waals surface area contributed by atoms with E-state index in [0.29, 0.717) is 5.69 Å². The third-order valence-electron chi connectivity index (χ3n) is 3.91. The smallest absolute Gasteiger partial charge is 0.353 e. The SMILES string of the molecule is COP(=O)(O)c1ccc2[nH]nc(-c3cc4ccccc4[nH]3)c2c1. The van der Waals surface area contributed by atoms with Crippen molar-refractivity contribution in [2.45, 2.75) is 0 Å². The van der Waals surface area contributed by atoms with Gasteiger partial charge in [-0.05, 0) is 30.3 Å². The van der Waals surface area contributed by atoms with Crippen molar-refractivity contribution in [1.29, 1.82) is 0 Å². The Labute approximate surface area is 131 Å². The van der Waals surface area contributed by atoms with Gasteiger partial charge in [0.05, 0.1) is 16.5 Å². The molecule has 7 heteroatoms. The third-order valence-corrected chi connectivity index (χ3v) is 5.33. The Kier molecular flexibility index (Phi) is 3.13. The zero-order valence-corrected chi connectivity index (χ0v) is 13.2. The first-order chi connectivity index (χ1) is 11.1. The third kappa shape index (κ3) is 2.28. The van der Waals surface area contributed by atoms with Gasteiger partial charge in [-0.3, -0.25) is 9.66 Å². The number of benzene rings is 2. The van der Waals surface area contributed by atoms with Crippen LogP contribution in [0.5, 0.6) is 0 Å². The molecule has 2 aromatic carbocycles. The molecule has 1 unspecified atom stereocenters. The van der Waals surface area contributed by atoms with Crippen molar-refractivity contribution >= 4 is 34.7 Å². The molecule has 6 nitrogen and oxygen atoms in total. The van der Waals surface area contributed by atoms with Crippen molar-refractivity contribution in [3.63, 3.8) is 0 Å². The second-order valence-corrected chi connectivity index (χ2v) is 7.20. The number of aromatic amines is 2. The monoisotopic (exact) mass is 327 g/mol. The van der Waals surface area contributed by atoms with E-state index in [-0.39, 0.29) is 5.30 Å². The lowest BCUT2D eigenvalue weighted by molar-refractivity contribution is 0.328. The van der Waals surface area contributed by atoms with Crippen LogP contribution in [0.4, 0.5) is 0 Å². The number of nitrogens with one attached hydrogen (secondary N) is 2. The maximum atomic E-state index is 12.0. The van der Waals surface area contributed by atoms with Crippen molar-refractivity contribution in [3.05, 3.63) is 48.5 Å². The van der Waals surface area contributed by atoms with E-state index in [1.165, 1.54) is 7.11 Å². The fraction of sp³-hybridized carbons (Fsp3) is 0.0625. The first-order valence-electron chi connectivity index (χ1n) is 7.04. The zero-order valence-electron chi connectivity index (χ0n) is 12.3. The van der Waals surface area contributed by atoms with Gasteiger partial charge < -0.3 is 14.4 Å². The number of aromatic nitrogens is 3. The van der Waals surface area contributed by atoms with Crippen LogP contribution in [0, 0.1) is 0 Å². The summed E-state index contributed by atoms with van der Waals surface area (Å²) in [5.41, 5.74) is 3.35. The van der Waals surface area contributed by atoms with Gasteiger partial charge in [0.25, 0.3) is 0 Å². The quantitative estimate of drug-likeness (QED) is 0.504. The second-order valence-electron chi connectivity index (χ2n) is 5.28. The Hall–Kier alpha value is -2.40. The van der Waals surface area contributed by atoms with E-state index in [9.17, 15) is 9.46 Å². The molecule has 0 amide bonds. The van der Waals surface area contributed by atoms with Gasteiger partial charge in [-0.1, -0.05) is 18.2 Å². The van der Waals surface area contributed by atoms with E-state index in [0.717, 1.165) is 27.5 Å². The van der Waals surface area contributed by atoms with Crippen LogP contribution in [0.3, 0.4) is 0 Å². The lowest BCUT2D eigenvalue weighted by Gasteiger charge is -2.08. The summed E-state index contributed by atoms with van der Waals surface area (Å²) in [6.07, 6.45) is 0. The van der Waals surface area contributed by atoms with E-state index >= 15 is 0 Å². The predicted molar refractivity (Wildman–Crippen MR) is 89.9 cm³/mol. The van der Waals surface area contributed by atoms with Gasteiger partial charge in [0.1, 0.15) is 5.69 Å². The summed E-state index contributed by atoms with van der Waals surface area (Å²) in [5.74, 6) is 0. The molecular weight excluding hydrogens is 313 g/mol. The van der Waals surface area contributed by atoms with Crippen LogP contribution >= 0.6 is 7.60 Å². The van der Waals surface area contributed by atoms with E-state index in [1.54, 1.807) is 18.2 Å². The molecule has 0 radical (unpaired) electrons. The molecule has 4 rings (SSSR count). The number of para-hydroxylation sites is 1. The van der Waals surface area contributed by atoms with Crippen molar-refractivity contribution in [1.82, 2.24) is 15.2 Å². The molecule has 0 aliphatic carbocycles. The summed E-state index contributed by atoms with van der Waals surface area (Å²) in [4.78, 5) is 13.2. The fourth-order valence-electron chi connectivity index (χ4n) is 2.69. The number of H-pyrrole nitrogens is 2. The molecule has 2 aromatic heterocycles. The summed E-state index contributed by atoms with van der Waals surface area (Å²) in [6, 6.07) is 14.9. The summed E-state index contributed by atoms with van der Waals surface area (Å²) < 4.78 is 16.7. The van der Waals surface area contributed by atoms with Crippen LogP contribution < -0.4 is 5.30 Å². The van der Waals surface area contributed by atoms with Crippen molar-refractivity contribution in [2.24, 2.45) is 0 Å². The molecule has 0 aliphatic rings. The Bertz CT molecular complexity index is 1030. The number of fused-ring (bicyclic) bond motifs is 2. The number of hydrogen-bond acceptors (Lipinski definition) is 3. The predicted octanol–water partition coefficient (Wildman–Crippen LogP) is 3.17. The molecule has 0 spiro atoms. The normalized spacial score (nSPS) is 14.3. The van der Waals surface area contributed by atoms with Gasteiger partial charge in [0.2, 0.25) is 0 Å². The Morgan fingerprint density at radius 2 is 1.96 bits per heavy atom. The number of rotatable bonds is 3. The van der Waals surface area contributed by atoms with Gasteiger partial charge in [0.15, 0.2) is 0 Å². The average Bonchev–Trinajstić information content (AvgIpc) is 3.17. The molecule has 0 bridgehead atoms. The highest BCUT2D eigenvalue weighted by Crippen LogP contribution is 2.40. The summed E-state index contributed by atoms with van der Waals surface area (Å²) in [7, 11) is -2.58. The Morgan fingerprint density at radius 1 is 1.13 bits per heavy atom. The minimum atomic E-state index is -3.80. The van der Waals surface area contributed by atoms with Crippen molar-refractivity contribution < 1.29 is 14.0 Å². The largest absolute Gasteiger partial charge is 0.358 e. The standard InChI is InChI=1S/C16H14N3O3P/c1-22-23(20,21)11-6-7-14-12(9-11)16(19-18-14)15-8-10-4-2-3-5-13(10)17-15/h2-9,17H,1H3,(H,18,19)(H,20,21). The number of hydrogen-bond donors (Lipinski definition) is 3. The lowest BCUT2D eigenvalue weighted by Crippen LogP contribution is -2.04. The average molecular weight is 327 g/mol. The highest BCUT2D eigenvalue weighted by atomic mass is 31.2. The van der Waals surface area contributed by atoms with E-state index in [1.807, 2.05) is 30.3 Å². The maximum absolute atomic E-state index is 12.0. The Morgan fingerprint density at radius 3 is 2.74 bits per heavy atom. The van der Waals surface area contributed by atoms with Crippen LogP contribution in [0.15, 0.2) is 48.5 Å². The van der Waals surface area contributed by atoms with Gasteiger partial charge >= 0.3 is 7.60 Å². The fourth-order valence-corrected chi connectivity index (χ4v) is 3.46. The zero-order chi connectivity index (χ0) is 16.0. The van der Waals surface area contributed by atoms with Crippen LogP contribution in [0.2, 0.25) is 0 Å². The molecule has 0 saturated heterocycles. The number of nitrogens with zero attached hydrogens (tertiary/aromatic N) is 1. The second kappa shape index (κ2) is 5.06. The minimum absolute atomic E-state index is 0.242. The van der Waals surface area contributed by atoms with Gasteiger partial charge in [-0.2, -0.15) is 5.10 Å². The van der Waals surface area contributed by atoms with Gasteiger partial charge in [0, 0.05) is 23.4 Å². The van der Waals surface area contributed by atoms with Crippen LogP contribution in [-0.4, -0.2) is 27.2 Å². The molecule has 1 atom stereocenters. The van der Waals surface area contributed by atoms with Crippen molar-refractivity contribution in [3.8, 4) is 11.4 Å². The van der Waals surface area contributed by atoms with E-state index in [4.69, 9.17) is 4.52 Å². The molecule has 0 aliphatic heterocycles. The molecule has 3 N–H and O–H groups in total. The van der Waals surface area contributed by atoms with Crippen LogP contribution in [0.25, 0.3) is 33.2 Å². The molecule has 2 heterocycles. The van der Waals surface area contributed by atoms with Gasteiger partial charge in [-0.25, -0.2) is 0 Å². The van der Waals surface area contributed by atoms with E-state index < -0.39 is 7.60 Å². The molecular formula is C16H14N3O3P. The first kappa shape index (κ1) is 14.2. The summed E-state index contributed by atoms with van der Waals surface area (Å²) in [5, 5.41) is 9.38. The Balaban J connectivity index is 1.93. The molecule has 116 valence electrons.